The van der Waals surface area contributed by atoms with Crippen LogP contribution in [0.4, 0.5) is 0 Å². The van der Waals surface area contributed by atoms with Gasteiger partial charge in [-0.3, -0.25) is 0 Å². The highest BCUT2D eigenvalue weighted by Gasteiger charge is 2.01. The average Bonchev–Trinajstić information content (AvgIpc) is 2.35. The van der Waals surface area contributed by atoms with Crippen LogP contribution in [0.3, 0.4) is 0 Å². The van der Waals surface area contributed by atoms with Crippen molar-refractivity contribution >= 4 is 0 Å². The fraction of sp³-hybridized carbons (Fsp3) is 0.538. The van der Waals surface area contributed by atoms with Gasteiger partial charge in [0.2, 0.25) is 0 Å². The SMILES string of the molecule is CCC(CO)NCCCOc1ccccc1. The number of ether oxygens (including phenoxy) is 1. The highest BCUT2D eigenvalue weighted by molar-refractivity contribution is 5.20. The highest BCUT2D eigenvalue weighted by atomic mass is 16.5. The van der Waals surface area contributed by atoms with Crippen molar-refractivity contribution < 1.29 is 9.84 Å². The quantitative estimate of drug-likeness (QED) is 0.660. The molecule has 1 aromatic carbocycles. The molecule has 0 fully saturated rings. The molecule has 90 valence electrons. The molecule has 2 N–H and O–H groups in total. The Morgan fingerprint density at radius 1 is 1.31 bits per heavy atom. The van der Waals surface area contributed by atoms with E-state index in [0.717, 1.165) is 25.1 Å². The summed E-state index contributed by atoms with van der Waals surface area (Å²) in [6.07, 6.45) is 1.90. The Hall–Kier alpha value is -1.06. The van der Waals surface area contributed by atoms with Crippen LogP contribution in [0.2, 0.25) is 0 Å². The van der Waals surface area contributed by atoms with Crippen LogP contribution in [0.25, 0.3) is 0 Å². The van der Waals surface area contributed by atoms with Crippen molar-refractivity contribution in [2.45, 2.75) is 25.8 Å². The molecular weight excluding hydrogens is 202 g/mol. The molecule has 3 nitrogen and oxygen atoms in total. The minimum atomic E-state index is 0.204. The largest absolute Gasteiger partial charge is 0.494 e. The summed E-state index contributed by atoms with van der Waals surface area (Å²) in [5.74, 6) is 0.914. The lowest BCUT2D eigenvalue weighted by atomic mass is 10.2. The molecule has 1 unspecified atom stereocenters. The second-order valence-electron chi connectivity index (χ2n) is 3.76. The maximum absolute atomic E-state index is 8.97. The number of benzene rings is 1. The van der Waals surface area contributed by atoms with Crippen LogP contribution in [0.1, 0.15) is 19.8 Å². The summed E-state index contributed by atoms with van der Waals surface area (Å²) in [7, 11) is 0. The molecule has 0 aliphatic rings. The molecule has 0 saturated heterocycles. The predicted molar refractivity (Wildman–Crippen MR) is 65.7 cm³/mol. The number of rotatable bonds is 8. The van der Waals surface area contributed by atoms with Crippen molar-refractivity contribution in [3.05, 3.63) is 30.3 Å². The van der Waals surface area contributed by atoms with Crippen LogP contribution in [0, 0.1) is 0 Å². The second kappa shape index (κ2) is 8.13. The van der Waals surface area contributed by atoms with Crippen LogP contribution in [0.15, 0.2) is 30.3 Å². The van der Waals surface area contributed by atoms with Gasteiger partial charge in [-0.2, -0.15) is 0 Å². The van der Waals surface area contributed by atoms with Crippen LogP contribution in [-0.4, -0.2) is 30.9 Å². The van der Waals surface area contributed by atoms with Crippen LogP contribution < -0.4 is 10.1 Å². The van der Waals surface area contributed by atoms with Gasteiger partial charge in [0.15, 0.2) is 0 Å². The molecule has 16 heavy (non-hydrogen) atoms. The van der Waals surface area contributed by atoms with Crippen LogP contribution in [-0.2, 0) is 0 Å². The minimum Gasteiger partial charge on any atom is -0.494 e. The van der Waals surface area contributed by atoms with Gasteiger partial charge in [0, 0.05) is 6.04 Å². The Bertz CT molecular complexity index is 260. The fourth-order valence-corrected chi connectivity index (χ4v) is 1.42. The van der Waals surface area contributed by atoms with Crippen molar-refractivity contribution in [3.8, 4) is 5.75 Å². The van der Waals surface area contributed by atoms with Crippen molar-refractivity contribution in [1.82, 2.24) is 5.32 Å². The molecule has 1 atom stereocenters. The van der Waals surface area contributed by atoms with E-state index < -0.39 is 0 Å². The monoisotopic (exact) mass is 223 g/mol. The van der Waals surface area contributed by atoms with Crippen LogP contribution in [0.5, 0.6) is 5.75 Å². The smallest absolute Gasteiger partial charge is 0.119 e. The Balaban J connectivity index is 2.04. The number of para-hydroxylation sites is 1. The predicted octanol–water partition coefficient (Wildman–Crippen LogP) is 1.82. The first-order chi connectivity index (χ1) is 7.86. The first kappa shape index (κ1) is 13.0. The van der Waals surface area contributed by atoms with E-state index in [9.17, 15) is 0 Å². The summed E-state index contributed by atoms with van der Waals surface area (Å²) < 4.78 is 5.55. The maximum Gasteiger partial charge on any atom is 0.119 e. The lowest BCUT2D eigenvalue weighted by molar-refractivity contribution is 0.234. The first-order valence-corrected chi connectivity index (χ1v) is 5.89. The molecule has 0 amide bonds. The summed E-state index contributed by atoms with van der Waals surface area (Å²) in [5, 5.41) is 12.2. The van der Waals surface area contributed by atoms with Gasteiger partial charge in [0.1, 0.15) is 5.75 Å². The van der Waals surface area contributed by atoms with Gasteiger partial charge >= 0.3 is 0 Å². The Morgan fingerprint density at radius 2 is 2.06 bits per heavy atom. The minimum absolute atomic E-state index is 0.204. The molecule has 0 heterocycles. The Kier molecular flexibility index (Phi) is 6.61. The Morgan fingerprint density at radius 3 is 2.69 bits per heavy atom. The van der Waals surface area contributed by atoms with Crippen LogP contribution >= 0.6 is 0 Å². The second-order valence-corrected chi connectivity index (χ2v) is 3.76. The molecule has 1 aromatic rings. The summed E-state index contributed by atoms with van der Waals surface area (Å²) in [4.78, 5) is 0. The zero-order chi connectivity index (χ0) is 11.6. The number of nitrogens with one attached hydrogen (secondary N) is 1. The van der Waals surface area contributed by atoms with Gasteiger partial charge < -0.3 is 15.2 Å². The van der Waals surface area contributed by atoms with Gasteiger partial charge in [0.05, 0.1) is 13.2 Å². The summed E-state index contributed by atoms with van der Waals surface area (Å²) in [6, 6.07) is 10.0. The standard InChI is InChI=1S/C13H21NO2/c1-2-12(11-15)14-9-6-10-16-13-7-4-3-5-8-13/h3-5,7-8,12,14-15H,2,6,9-11H2,1H3. The normalized spacial score (nSPS) is 12.4. The molecular formula is C13H21NO2. The lowest BCUT2D eigenvalue weighted by Crippen LogP contribution is -2.33. The van der Waals surface area contributed by atoms with E-state index >= 15 is 0 Å². The molecule has 0 spiro atoms. The topological polar surface area (TPSA) is 41.5 Å². The zero-order valence-corrected chi connectivity index (χ0v) is 9.86. The third kappa shape index (κ3) is 5.14. The number of hydrogen-bond donors (Lipinski definition) is 2. The van der Waals surface area contributed by atoms with Gasteiger partial charge in [-0.25, -0.2) is 0 Å². The van der Waals surface area contributed by atoms with E-state index in [2.05, 4.69) is 12.2 Å². The van der Waals surface area contributed by atoms with E-state index in [1.165, 1.54) is 0 Å². The fourth-order valence-electron chi connectivity index (χ4n) is 1.42. The highest BCUT2D eigenvalue weighted by Crippen LogP contribution is 2.08. The molecule has 0 saturated carbocycles. The molecule has 0 aromatic heterocycles. The van der Waals surface area contributed by atoms with Crippen molar-refractivity contribution in [1.29, 1.82) is 0 Å². The molecule has 3 heteroatoms. The van der Waals surface area contributed by atoms with E-state index in [4.69, 9.17) is 9.84 Å². The van der Waals surface area contributed by atoms with Crippen molar-refractivity contribution in [2.24, 2.45) is 0 Å². The number of hydrogen-bond acceptors (Lipinski definition) is 3. The molecule has 0 bridgehead atoms. The molecule has 0 radical (unpaired) electrons. The van der Waals surface area contributed by atoms with E-state index in [1.54, 1.807) is 0 Å². The van der Waals surface area contributed by atoms with E-state index in [1.807, 2.05) is 30.3 Å². The van der Waals surface area contributed by atoms with Crippen molar-refractivity contribution in [2.75, 3.05) is 19.8 Å². The molecule has 0 aliphatic carbocycles. The summed E-state index contributed by atoms with van der Waals surface area (Å²) in [6.45, 7) is 3.86. The van der Waals surface area contributed by atoms with Gasteiger partial charge in [-0.15, -0.1) is 0 Å². The lowest BCUT2D eigenvalue weighted by Gasteiger charge is -2.13. The van der Waals surface area contributed by atoms with E-state index in [-0.39, 0.29) is 12.6 Å². The third-order valence-corrected chi connectivity index (χ3v) is 2.48. The summed E-state index contributed by atoms with van der Waals surface area (Å²) >= 11 is 0. The van der Waals surface area contributed by atoms with Gasteiger partial charge in [0.25, 0.3) is 0 Å². The maximum atomic E-state index is 8.97. The zero-order valence-electron chi connectivity index (χ0n) is 9.86. The molecule has 0 aliphatic heterocycles. The number of aliphatic hydroxyl groups excluding tert-OH is 1. The average molecular weight is 223 g/mol. The van der Waals surface area contributed by atoms with Gasteiger partial charge in [-0.05, 0) is 31.5 Å². The van der Waals surface area contributed by atoms with Crippen molar-refractivity contribution in [3.63, 3.8) is 0 Å². The third-order valence-electron chi connectivity index (χ3n) is 2.48. The summed E-state index contributed by atoms with van der Waals surface area (Å²) in [5.41, 5.74) is 0. The number of aliphatic hydroxyl groups is 1. The molecule has 1 rings (SSSR count). The Labute approximate surface area is 97.4 Å². The van der Waals surface area contributed by atoms with E-state index in [0.29, 0.717) is 6.61 Å². The van der Waals surface area contributed by atoms with Gasteiger partial charge in [-0.1, -0.05) is 25.1 Å². The first-order valence-electron chi connectivity index (χ1n) is 5.89.